The standard InChI is InChI=1S/C21H21BrN4OS/c1-14-5-3-9-23-17(14)12-26-10-4-8-19(26)18-13-28-21(24-18)25-20(27)15-6-2-7-16(22)11-15/h2-3,5-7,9,11,13,19H,4,8,10,12H2,1H3,(H,24,25,27). The Morgan fingerprint density at radius 2 is 2.25 bits per heavy atom. The molecule has 144 valence electrons. The van der Waals surface area contributed by atoms with Crippen LogP contribution in [0.2, 0.25) is 0 Å². The lowest BCUT2D eigenvalue weighted by atomic mass is 10.1. The van der Waals surface area contributed by atoms with Crippen molar-refractivity contribution in [2.75, 3.05) is 11.9 Å². The van der Waals surface area contributed by atoms with Gasteiger partial charge in [-0.3, -0.25) is 20.0 Å². The summed E-state index contributed by atoms with van der Waals surface area (Å²) >= 11 is 4.88. The van der Waals surface area contributed by atoms with Crippen molar-refractivity contribution in [1.82, 2.24) is 14.9 Å². The second-order valence-electron chi connectivity index (χ2n) is 6.94. The van der Waals surface area contributed by atoms with Crippen LogP contribution in [0.25, 0.3) is 0 Å². The first-order valence-corrected chi connectivity index (χ1v) is 10.9. The number of rotatable bonds is 5. The first-order chi connectivity index (χ1) is 13.6. The highest BCUT2D eigenvalue weighted by molar-refractivity contribution is 9.10. The SMILES string of the molecule is Cc1cccnc1CN1CCCC1c1csc(NC(=O)c2cccc(Br)c2)n1. The average Bonchev–Trinajstić information content (AvgIpc) is 3.33. The van der Waals surface area contributed by atoms with Crippen molar-refractivity contribution in [3.05, 3.63) is 75.0 Å². The van der Waals surface area contributed by atoms with Crippen LogP contribution in [0.5, 0.6) is 0 Å². The number of carbonyl (C=O) groups is 1. The average molecular weight is 457 g/mol. The summed E-state index contributed by atoms with van der Waals surface area (Å²) in [6.07, 6.45) is 4.08. The molecule has 7 heteroatoms. The minimum atomic E-state index is -0.144. The summed E-state index contributed by atoms with van der Waals surface area (Å²) in [5, 5.41) is 5.62. The van der Waals surface area contributed by atoms with Crippen molar-refractivity contribution in [3.63, 3.8) is 0 Å². The monoisotopic (exact) mass is 456 g/mol. The van der Waals surface area contributed by atoms with E-state index in [1.54, 1.807) is 12.1 Å². The maximum absolute atomic E-state index is 12.5. The van der Waals surface area contributed by atoms with Crippen LogP contribution < -0.4 is 5.32 Å². The van der Waals surface area contributed by atoms with E-state index in [1.807, 2.05) is 24.4 Å². The molecular formula is C21H21BrN4OS. The van der Waals surface area contributed by atoms with Gasteiger partial charge in [0.1, 0.15) is 0 Å². The number of pyridine rings is 1. The number of halogens is 1. The Bertz CT molecular complexity index is 990. The molecule has 1 aromatic carbocycles. The maximum atomic E-state index is 12.5. The topological polar surface area (TPSA) is 58.1 Å². The molecule has 1 N–H and O–H groups in total. The third-order valence-electron chi connectivity index (χ3n) is 5.01. The molecule has 0 spiro atoms. The van der Waals surface area contributed by atoms with Crippen LogP contribution in [-0.4, -0.2) is 27.3 Å². The number of aryl methyl sites for hydroxylation is 1. The Morgan fingerprint density at radius 1 is 1.36 bits per heavy atom. The molecule has 1 aliphatic heterocycles. The van der Waals surface area contributed by atoms with E-state index in [0.29, 0.717) is 10.7 Å². The summed E-state index contributed by atoms with van der Waals surface area (Å²) in [5.41, 5.74) is 3.97. The second-order valence-corrected chi connectivity index (χ2v) is 8.71. The number of anilines is 1. The molecule has 1 saturated heterocycles. The van der Waals surface area contributed by atoms with Crippen molar-refractivity contribution in [1.29, 1.82) is 0 Å². The number of hydrogen-bond acceptors (Lipinski definition) is 5. The Hall–Kier alpha value is -2.09. The van der Waals surface area contributed by atoms with E-state index in [2.05, 4.69) is 49.5 Å². The number of hydrogen-bond donors (Lipinski definition) is 1. The number of benzene rings is 1. The van der Waals surface area contributed by atoms with Crippen LogP contribution in [0.3, 0.4) is 0 Å². The normalized spacial score (nSPS) is 17.0. The molecule has 0 aliphatic carbocycles. The maximum Gasteiger partial charge on any atom is 0.257 e. The molecule has 0 bridgehead atoms. The van der Waals surface area contributed by atoms with Gasteiger partial charge in [0.05, 0.1) is 17.4 Å². The number of carbonyl (C=O) groups excluding carboxylic acids is 1. The number of aromatic nitrogens is 2. The van der Waals surface area contributed by atoms with Crippen LogP contribution in [0.1, 0.15) is 46.2 Å². The number of likely N-dealkylation sites (tertiary alicyclic amines) is 1. The molecule has 2 aromatic heterocycles. The molecule has 0 saturated carbocycles. The van der Waals surface area contributed by atoms with Crippen LogP contribution in [0, 0.1) is 6.92 Å². The van der Waals surface area contributed by atoms with E-state index < -0.39 is 0 Å². The zero-order chi connectivity index (χ0) is 19.5. The van der Waals surface area contributed by atoms with E-state index in [9.17, 15) is 4.79 Å². The summed E-state index contributed by atoms with van der Waals surface area (Å²) in [7, 11) is 0. The van der Waals surface area contributed by atoms with Gasteiger partial charge in [0.15, 0.2) is 5.13 Å². The molecule has 28 heavy (non-hydrogen) atoms. The van der Waals surface area contributed by atoms with Crippen LogP contribution in [0.4, 0.5) is 5.13 Å². The van der Waals surface area contributed by atoms with Crippen LogP contribution >= 0.6 is 27.3 Å². The minimum absolute atomic E-state index is 0.144. The minimum Gasteiger partial charge on any atom is -0.298 e. The van der Waals surface area contributed by atoms with Gasteiger partial charge in [-0.1, -0.05) is 28.1 Å². The van der Waals surface area contributed by atoms with Gasteiger partial charge in [0, 0.05) is 28.2 Å². The summed E-state index contributed by atoms with van der Waals surface area (Å²) in [6, 6.07) is 11.7. The molecule has 1 aliphatic rings. The summed E-state index contributed by atoms with van der Waals surface area (Å²) in [4.78, 5) is 24.1. The fraction of sp³-hybridized carbons (Fsp3) is 0.286. The van der Waals surface area contributed by atoms with Gasteiger partial charge >= 0.3 is 0 Å². The van der Waals surface area contributed by atoms with E-state index in [-0.39, 0.29) is 11.9 Å². The molecule has 1 atom stereocenters. The molecule has 4 rings (SSSR count). The number of thiazole rings is 1. The number of nitrogens with zero attached hydrogens (tertiary/aromatic N) is 3. The number of nitrogens with one attached hydrogen (secondary N) is 1. The van der Waals surface area contributed by atoms with E-state index in [1.165, 1.54) is 16.9 Å². The second kappa shape index (κ2) is 8.51. The van der Waals surface area contributed by atoms with Gasteiger partial charge in [0.2, 0.25) is 0 Å². The Kier molecular flexibility index (Phi) is 5.85. The molecule has 5 nitrogen and oxygen atoms in total. The zero-order valence-corrected chi connectivity index (χ0v) is 18.0. The fourth-order valence-electron chi connectivity index (χ4n) is 3.52. The first kappa shape index (κ1) is 19.2. The fourth-order valence-corrected chi connectivity index (χ4v) is 4.67. The van der Waals surface area contributed by atoms with Gasteiger partial charge in [-0.2, -0.15) is 0 Å². The molecule has 1 unspecified atom stereocenters. The molecule has 1 fully saturated rings. The number of amides is 1. The quantitative estimate of drug-likeness (QED) is 0.573. The Balaban J connectivity index is 1.46. The van der Waals surface area contributed by atoms with Gasteiger partial charge in [-0.25, -0.2) is 4.98 Å². The highest BCUT2D eigenvalue weighted by Crippen LogP contribution is 2.34. The largest absolute Gasteiger partial charge is 0.298 e. The third-order valence-corrected chi connectivity index (χ3v) is 6.27. The molecule has 0 radical (unpaired) electrons. The van der Waals surface area contributed by atoms with Crippen molar-refractivity contribution in [2.24, 2.45) is 0 Å². The van der Waals surface area contributed by atoms with Crippen molar-refractivity contribution in [3.8, 4) is 0 Å². The molecular weight excluding hydrogens is 436 g/mol. The van der Waals surface area contributed by atoms with Crippen molar-refractivity contribution in [2.45, 2.75) is 32.4 Å². The van der Waals surface area contributed by atoms with Crippen LogP contribution in [0.15, 0.2) is 52.4 Å². The predicted molar refractivity (Wildman–Crippen MR) is 116 cm³/mol. The van der Waals surface area contributed by atoms with E-state index in [0.717, 1.165) is 41.8 Å². The highest BCUT2D eigenvalue weighted by atomic mass is 79.9. The summed E-state index contributed by atoms with van der Waals surface area (Å²) in [5.74, 6) is -0.144. The lowest BCUT2D eigenvalue weighted by Gasteiger charge is -2.23. The first-order valence-electron chi connectivity index (χ1n) is 9.27. The molecule has 1 amide bonds. The van der Waals surface area contributed by atoms with E-state index in [4.69, 9.17) is 4.98 Å². The van der Waals surface area contributed by atoms with Gasteiger partial charge < -0.3 is 0 Å². The molecule has 3 heterocycles. The molecule has 3 aromatic rings. The third kappa shape index (κ3) is 4.32. The zero-order valence-electron chi connectivity index (χ0n) is 15.6. The highest BCUT2D eigenvalue weighted by Gasteiger charge is 2.28. The van der Waals surface area contributed by atoms with Gasteiger partial charge in [-0.15, -0.1) is 11.3 Å². The lowest BCUT2D eigenvalue weighted by Crippen LogP contribution is -2.24. The Labute approximate surface area is 177 Å². The van der Waals surface area contributed by atoms with Gasteiger partial charge in [0.25, 0.3) is 5.91 Å². The summed E-state index contributed by atoms with van der Waals surface area (Å²) < 4.78 is 0.881. The van der Waals surface area contributed by atoms with Gasteiger partial charge in [-0.05, 0) is 56.1 Å². The van der Waals surface area contributed by atoms with Crippen molar-refractivity contribution >= 4 is 38.3 Å². The smallest absolute Gasteiger partial charge is 0.257 e. The predicted octanol–water partition coefficient (Wildman–Crippen LogP) is 5.20. The Morgan fingerprint density at radius 3 is 3.07 bits per heavy atom. The van der Waals surface area contributed by atoms with Crippen molar-refractivity contribution < 1.29 is 4.79 Å². The summed E-state index contributed by atoms with van der Waals surface area (Å²) in [6.45, 7) is 3.97. The lowest BCUT2D eigenvalue weighted by molar-refractivity contribution is 0.102. The van der Waals surface area contributed by atoms with Crippen LogP contribution in [-0.2, 0) is 6.54 Å². The van der Waals surface area contributed by atoms with E-state index >= 15 is 0 Å².